The van der Waals surface area contributed by atoms with Crippen molar-refractivity contribution in [3.05, 3.63) is 0 Å². The van der Waals surface area contributed by atoms with E-state index in [1.54, 1.807) is 0 Å². The number of esters is 3. The average Bonchev–Trinajstić information content (AvgIpc) is 3.37. The molecule has 0 fully saturated rings. The van der Waals surface area contributed by atoms with Crippen LogP contribution in [0.1, 0.15) is 380 Å². The van der Waals surface area contributed by atoms with Crippen LogP contribution in [0.4, 0.5) is 0 Å². The van der Waals surface area contributed by atoms with Crippen LogP contribution in [0, 0.1) is 0 Å². The van der Waals surface area contributed by atoms with Gasteiger partial charge in [0, 0.05) is 19.3 Å². The van der Waals surface area contributed by atoms with Crippen molar-refractivity contribution in [1.82, 2.24) is 0 Å². The highest BCUT2D eigenvalue weighted by atomic mass is 16.6. The largest absolute Gasteiger partial charge is 0.462 e. The maximum Gasteiger partial charge on any atom is 0.306 e. The fourth-order valence-electron chi connectivity index (χ4n) is 10.2. The topological polar surface area (TPSA) is 78.9 Å². The maximum absolute atomic E-state index is 12.9. The highest BCUT2D eigenvalue weighted by Crippen LogP contribution is 2.19. The lowest BCUT2D eigenvalue weighted by molar-refractivity contribution is -0.167. The zero-order chi connectivity index (χ0) is 51.4. The standard InChI is InChI=1S/C65H126O6/c1-4-7-10-13-16-19-21-23-25-27-29-31-32-33-34-36-37-39-41-43-46-49-52-55-58-64(67)70-61-62(60-69-63(66)57-54-51-48-45-18-15-12-9-6-3)71-65(68)59-56-53-50-47-44-42-40-38-35-30-28-26-24-22-20-17-14-11-8-5-2/h62H,4-61H2,1-3H3. The first-order chi connectivity index (χ1) is 35.0. The Balaban J connectivity index is 4.11. The van der Waals surface area contributed by atoms with Crippen molar-refractivity contribution in [2.45, 2.75) is 386 Å². The van der Waals surface area contributed by atoms with Crippen LogP contribution >= 0.6 is 0 Å². The Morgan fingerprint density at radius 1 is 0.225 bits per heavy atom. The van der Waals surface area contributed by atoms with Gasteiger partial charge in [-0.25, -0.2) is 0 Å². The Morgan fingerprint density at radius 2 is 0.380 bits per heavy atom. The van der Waals surface area contributed by atoms with Gasteiger partial charge in [0.25, 0.3) is 0 Å². The van der Waals surface area contributed by atoms with Crippen LogP contribution in [0.3, 0.4) is 0 Å². The van der Waals surface area contributed by atoms with Gasteiger partial charge >= 0.3 is 17.9 Å². The van der Waals surface area contributed by atoms with Crippen molar-refractivity contribution >= 4 is 17.9 Å². The third-order valence-electron chi connectivity index (χ3n) is 15.1. The fourth-order valence-corrected chi connectivity index (χ4v) is 10.2. The third-order valence-corrected chi connectivity index (χ3v) is 15.1. The molecule has 6 nitrogen and oxygen atoms in total. The highest BCUT2D eigenvalue weighted by Gasteiger charge is 2.19. The highest BCUT2D eigenvalue weighted by molar-refractivity contribution is 5.71. The monoisotopic (exact) mass is 1000 g/mol. The molecule has 6 heteroatoms. The zero-order valence-corrected chi connectivity index (χ0v) is 48.5. The molecule has 0 aliphatic carbocycles. The van der Waals surface area contributed by atoms with E-state index in [-0.39, 0.29) is 31.1 Å². The molecule has 0 spiro atoms. The summed E-state index contributed by atoms with van der Waals surface area (Å²) in [7, 11) is 0. The molecule has 0 aliphatic rings. The second kappa shape index (κ2) is 61.0. The first kappa shape index (κ1) is 69.4. The predicted molar refractivity (Wildman–Crippen MR) is 307 cm³/mol. The Morgan fingerprint density at radius 3 is 0.563 bits per heavy atom. The lowest BCUT2D eigenvalue weighted by Gasteiger charge is -2.18. The zero-order valence-electron chi connectivity index (χ0n) is 48.5. The number of hydrogen-bond donors (Lipinski definition) is 0. The van der Waals surface area contributed by atoms with Gasteiger partial charge in [-0.3, -0.25) is 14.4 Å². The number of carbonyl (C=O) groups is 3. The minimum atomic E-state index is -0.761. The SMILES string of the molecule is CCCCCCCCCCCCCCCCCCCCCCCCCCC(=O)OCC(COC(=O)CCCCCCCCCCC)OC(=O)CCCCCCCCCCCCCCCCCCCCCC. The van der Waals surface area contributed by atoms with Gasteiger partial charge in [0.2, 0.25) is 0 Å². The summed E-state index contributed by atoms with van der Waals surface area (Å²) in [5.41, 5.74) is 0. The van der Waals surface area contributed by atoms with Crippen LogP contribution in [0.25, 0.3) is 0 Å². The van der Waals surface area contributed by atoms with Crippen LogP contribution in [0.2, 0.25) is 0 Å². The second-order valence-electron chi connectivity index (χ2n) is 22.4. The van der Waals surface area contributed by atoms with Crippen molar-refractivity contribution in [3.63, 3.8) is 0 Å². The van der Waals surface area contributed by atoms with Crippen LogP contribution in [-0.2, 0) is 28.6 Å². The minimum absolute atomic E-state index is 0.0610. The van der Waals surface area contributed by atoms with Gasteiger partial charge in [-0.1, -0.05) is 342 Å². The van der Waals surface area contributed by atoms with Gasteiger partial charge in [0.05, 0.1) is 0 Å². The summed E-state index contributed by atoms with van der Waals surface area (Å²) in [6, 6.07) is 0. The van der Waals surface area contributed by atoms with Crippen LogP contribution in [0.15, 0.2) is 0 Å². The third kappa shape index (κ3) is 59.2. The molecule has 0 aromatic carbocycles. The average molecular weight is 1000 g/mol. The molecule has 0 bridgehead atoms. The summed E-state index contributed by atoms with van der Waals surface area (Å²) < 4.78 is 16.9. The van der Waals surface area contributed by atoms with E-state index in [0.29, 0.717) is 19.3 Å². The van der Waals surface area contributed by atoms with Gasteiger partial charge in [-0.15, -0.1) is 0 Å². The molecule has 1 unspecified atom stereocenters. The number of ether oxygens (including phenoxy) is 3. The van der Waals surface area contributed by atoms with E-state index >= 15 is 0 Å². The molecule has 0 heterocycles. The molecule has 0 radical (unpaired) electrons. The van der Waals surface area contributed by atoms with E-state index in [1.807, 2.05) is 0 Å². The first-order valence-electron chi connectivity index (χ1n) is 32.5. The lowest BCUT2D eigenvalue weighted by atomic mass is 10.0. The van der Waals surface area contributed by atoms with E-state index in [0.717, 1.165) is 57.8 Å². The predicted octanol–water partition coefficient (Wildman–Crippen LogP) is 21.9. The molecule has 0 aliphatic heterocycles. The minimum Gasteiger partial charge on any atom is -0.462 e. The van der Waals surface area contributed by atoms with Crippen molar-refractivity contribution < 1.29 is 28.6 Å². The Bertz CT molecular complexity index is 1060. The van der Waals surface area contributed by atoms with E-state index in [4.69, 9.17) is 14.2 Å². The van der Waals surface area contributed by atoms with Gasteiger partial charge in [-0.2, -0.15) is 0 Å². The van der Waals surface area contributed by atoms with Crippen molar-refractivity contribution in [2.24, 2.45) is 0 Å². The quantitative estimate of drug-likeness (QED) is 0.0343. The molecule has 0 amide bonds. The van der Waals surface area contributed by atoms with Gasteiger partial charge < -0.3 is 14.2 Å². The maximum atomic E-state index is 12.9. The molecule has 71 heavy (non-hydrogen) atoms. The normalized spacial score (nSPS) is 11.9. The van der Waals surface area contributed by atoms with Gasteiger partial charge in [0.1, 0.15) is 13.2 Å². The molecule has 0 aromatic rings. The summed E-state index contributed by atoms with van der Waals surface area (Å²) in [5.74, 6) is -0.831. The fraction of sp³-hybridized carbons (Fsp3) is 0.954. The van der Waals surface area contributed by atoms with Crippen LogP contribution in [0.5, 0.6) is 0 Å². The lowest BCUT2D eigenvalue weighted by Crippen LogP contribution is -2.30. The Labute approximate surface area is 444 Å². The molecular weight excluding hydrogens is 877 g/mol. The molecule has 0 rings (SSSR count). The number of hydrogen-bond acceptors (Lipinski definition) is 6. The molecule has 0 saturated heterocycles. The van der Waals surface area contributed by atoms with Crippen molar-refractivity contribution in [1.29, 1.82) is 0 Å². The van der Waals surface area contributed by atoms with E-state index < -0.39 is 6.10 Å². The molecule has 0 saturated carbocycles. The molecule has 1 atom stereocenters. The summed E-state index contributed by atoms with van der Waals surface area (Å²) in [6.45, 7) is 6.71. The summed E-state index contributed by atoms with van der Waals surface area (Å²) >= 11 is 0. The summed E-state index contributed by atoms with van der Waals surface area (Å²) in [5, 5.41) is 0. The second-order valence-corrected chi connectivity index (χ2v) is 22.4. The summed E-state index contributed by atoms with van der Waals surface area (Å²) in [4.78, 5) is 38.2. The number of rotatable bonds is 61. The summed E-state index contributed by atoms with van der Waals surface area (Å²) in [6.07, 6.45) is 69.9. The Hall–Kier alpha value is -1.59. The van der Waals surface area contributed by atoms with Crippen molar-refractivity contribution in [2.75, 3.05) is 13.2 Å². The first-order valence-corrected chi connectivity index (χ1v) is 32.5. The van der Waals surface area contributed by atoms with Crippen LogP contribution in [-0.4, -0.2) is 37.2 Å². The molecular formula is C65H126O6. The molecule has 0 aromatic heterocycles. The van der Waals surface area contributed by atoms with Crippen LogP contribution < -0.4 is 0 Å². The van der Waals surface area contributed by atoms with Gasteiger partial charge in [-0.05, 0) is 19.3 Å². The number of unbranched alkanes of at least 4 members (excludes halogenated alkanes) is 50. The van der Waals surface area contributed by atoms with E-state index in [9.17, 15) is 14.4 Å². The molecule has 422 valence electrons. The van der Waals surface area contributed by atoms with Crippen molar-refractivity contribution in [3.8, 4) is 0 Å². The smallest absolute Gasteiger partial charge is 0.306 e. The van der Waals surface area contributed by atoms with E-state index in [2.05, 4.69) is 20.8 Å². The molecule has 0 N–H and O–H groups in total. The number of carbonyl (C=O) groups excluding carboxylic acids is 3. The van der Waals surface area contributed by atoms with Gasteiger partial charge in [0.15, 0.2) is 6.10 Å². The van der Waals surface area contributed by atoms with E-state index in [1.165, 1.54) is 283 Å². The Kier molecular flexibility index (Phi) is 59.6.